The van der Waals surface area contributed by atoms with Crippen molar-refractivity contribution in [1.29, 1.82) is 0 Å². The molecule has 9 nitrogen and oxygen atoms in total. The number of esters is 2. The summed E-state index contributed by atoms with van der Waals surface area (Å²) in [4.78, 5) is 34.9. The molecule has 2 unspecified atom stereocenters. The van der Waals surface area contributed by atoms with Crippen LogP contribution in [0.1, 0.15) is 264 Å². The van der Waals surface area contributed by atoms with E-state index in [0.29, 0.717) is 6.42 Å². The Kier molecular flexibility index (Phi) is 47.7. The zero-order valence-electron chi connectivity index (χ0n) is 40.6. The molecular formula is C52H100NO8P. The lowest BCUT2D eigenvalue weighted by Gasteiger charge is -2.19. The molecule has 0 aromatic carbocycles. The van der Waals surface area contributed by atoms with Crippen molar-refractivity contribution in [3.05, 3.63) is 24.3 Å². The van der Waals surface area contributed by atoms with E-state index in [-0.39, 0.29) is 38.6 Å². The minimum atomic E-state index is -4.37. The van der Waals surface area contributed by atoms with Gasteiger partial charge in [-0.3, -0.25) is 18.6 Å². The van der Waals surface area contributed by atoms with Crippen LogP contribution in [0.15, 0.2) is 24.3 Å². The predicted octanol–water partition coefficient (Wildman–Crippen LogP) is 15.9. The summed E-state index contributed by atoms with van der Waals surface area (Å²) in [6.07, 6.45) is 55.3. The van der Waals surface area contributed by atoms with Crippen molar-refractivity contribution in [2.45, 2.75) is 270 Å². The minimum Gasteiger partial charge on any atom is -0.462 e. The first-order valence-corrected chi connectivity index (χ1v) is 27.8. The van der Waals surface area contributed by atoms with Gasteiger partial charge in [0.15, 0.2) is 6.10 Å². The topological polar surface area (TPSA) is 134 Å². The van der Waals surface area contributed by atoms with Gasteiger partial charge in [-0.1, -0.05) is 231 Å². The molecular weight excluding hydrogens is 798 g/mol. The normalized spacial score (nSPS) is 13.3. The molecule has 0 fully saturated rings. The summed E-state index contributed by atoms with van der Waals surface area (Å²) >= 11 is 0. The molecule has 0 saturated heterocycles. The Labute approximate surface area is 382 Å². The number of hydrogen-bond acceptors (Lipinski definition) is 8. The molecule has 0 aliphatic heterocycles. The molecule has 0 spiro atoms. The summed E-state index contributed by atoms with van der Waals surface area (Å²) in [5.41, 5.74) is 5.36. The van der Waals surface area contributed by atoms with Crippen molar-refractivity contribution >= 4 is 19.8 Å². The molecule has 10 heteroatoms. The molecule has 3 N–H and O–H groups in total. The number of carbonyl (C=O) groups is 2. The molecule has 0 heterocycles. The van der Waals surface area contributed by atoms with Gasteiger partial charge in [-0.25, -0.2) is 4.57 Å². The van der Waals surface area contributed by atoms with E-state index < -0.39 is 26.5 Å². The molecule has 0 aromatic heterocycles. The van der Waals surface area contributed by atoms with Crippen LogP contribution in [0.4, 0.5) is 0 Å². The van der Waals surface area contributed by atoms with Crippen LogP contribution in [0.25, 0.3) is 0 Å². The predicted molar refractivity (Wildman–Crippen MR) is 261 cm³/mol. The maximum absolute atomic E-state index is 12.6. The number of phosphoric acid groups is 1. The Balaban J connectivity index is 3.83. The van der Waals surface area contributed by atoms with E-state index in [0.717, 1.165) is 38.5 Å². The first kappa shape index (κ1) is 60.5. The second-order valence-electron chi connectivity index (χ2n) is 17.8. The molecule has 2 atom stereocenters. The lowest BCUT2D eigenvalue weighted by atomic mass is 10.0. The summed E-state index contributed by atoms with van der Waals surface area (Å²) in [6.45, 7) is 3.74. The Morgan fingerprint density at radius 3 is 1.23 bits per heavy atom. The van der Waals surface area contributed by atoms with Gasteiger partial charge >= 0.3 is 19.8 Å². The highest BCUT2D eigenvalue weighted by atomic mass is 31.2. The fourth-order valence-corrected chi connectivity index (χ4v) is 8.43. The van der Waals surface area contributed by atoms with Crippen LogP contribution in [0.3, 0.4) is 0 Å². The Morgan fingerprint density at radius 2 is 0.839 bits per heavy atom. The zero-order chi connectivity index (χ0) is 45.3. The van der Waals surface area contributed by atoms with Gasteiger partial charge in [0.25, 0.3) is 0 Å². The summed E-state index contributed by atoms with van der Waals surface area (Å²) in [5, 5.41) is 0. The number of allylic oxidation sites excluding steroid dienone is 4. The van der Waals surface area contributed by atoms with Crippen LogP contribution in [0.5, 0.6) is 0 Å². The van der Waals surface area contributed by atoms with Gasteiger partial charge in [-0.2, -0.15) is 0 Å². The number of unbranched alkanes of at least 4 members (excludes halogenated alkanes) is 33. The average molecular weight is 898 g/mol. The Hall–Kier alpha value is -1.51. The van der Waals surface area contributed by atoms with E-state index in [1.165, 1.54) is 193 Å². The van der Waals surface area contributed by atoms with Crippen molar-refractivity contribution in [3.63, 3.8) is 0 Å². The van der Waals surface area contributed by atoms with Gasteiger partial charge in [0.05, 0.1) is 13.2 Å². The molecule has 0 aliphatic rings. The highest BCUT2D eigenvalue weighted by molar-refractivity contribution is 7.47. The molecule has 0 amide bonds. The zero-order valence-corrected chi connectivity index (χ0v) is 41.5. The SMILES string of the molecule is CCCCCCC/C=C\C/C=C\CCCCCCCCCCCCCCCCCCCCCC(=O)OC(COC(=O)CCCCCCCCCCCC)COP(=O)(O)OCCN. The number of ether oxygens (including phenoxy) is 2. The summed E-state index contributed by atoms with van der Waals surface area (Å²) in [7, 11) is -4.37. The molecule has 0 bridgehead atoms. The van der Waals surface area contributed by atoms with Crippen LogP contribution < -0.4 is 5.73 Å². The van der Waals surface area contributed by atoms with Crippen molar-refractivity contribution < 1.29 is 37.6 Å². The molecule has 366 valence electrons. The molecule has 0 radical (unpaired) electrons. The number of phosphoric ester groups is 1. The number of hydrogen-bond donors (Lipinski definition) is 2. The lowest BCUT2D eigenvalue weighted by molar-refractivity contribution is -0.161. The van der Waals surface area contributed by atoms with Crippen LogP contribution in [0.2, 0.25) is 0 Å². The fourth-order valence-electron chi connectivity index (χ4n) is 7.67. The largest absolute Gasteiger partial charge is 0.472 e. The average Bonchev–Trinajstić information content (AvgIpc) is 3.26. The fraction of sp³-hybridized carbons (Fsp3) is 0.885. The molecule has 62 heavy (non-hydrogen) atoms. The van der Waals surface area contributed by atoms with E-state index in [1.54, 1.807) is 0 Å². The number of rotatable bonds is 50. The standard InChI is InChI=1S/C52H100NO8P/c1-3-5-7-9-11-13-15-16-17-18-19-20-21-22-23-24-25-26-27-28-29-30-31-32-33-34-35-37-39-41-43-45-52(55)61-50(49-60-62(56,57)59-47-46-53)48-58-51(54)44-42-40-38-36-14-12-10-8-6-4-2/h15-16,18-19,50H,3-14,17,20-49,53H2,1-2H3,(H,56,57)/b16-15-,19-18-. The van der Waals surface area contributed by atoms with Crippen LogP contribution in [-0.4, -0.2) is 49.3 Å². The molecule has 0 aliphatic carbocycles. The highest BCUT2D eigenvalue weighted by Gasteiger charge is 2.26. The van der Waals surface area contributed by atoms with E-state index >= 15 is 0 Å². The van der Waals surface area contributed by atoms with Gasteiger partial charge in [-0.05, 0) is 44.9 Å². The van der Waals surface area contributed by atoms with Gasteiger partial charge < -0.3 is 20.1 Å². The van der Waals surface area contributed by atoms with Crippen molar-refractivity contribution in [3.8, 4) is 0 Å². The maximum atomic E-state index is 12.6. The van der Waals surface area contributed by atoms with Crippen molar-refractivity contribution in [1.82, 2.24) is 0 Å². The van der Waals surface area contributed by atoms with Gasteiger partial charge in [0.2, 0.25) is 0 Å². The summed E-state index contributed by atoms with van der Waals surface area (Å²) in [6, 6.07) is 0. The third kappa shape index (κ3) is 48.0. The van der Waals surface area contributed by atoms with E-state index in [2.05, 4.69) is 38.2 Å². The highest BCUT2D eigenvalue weighted by Crippen LogP contribution is 2.43. The first-order chi connectivity index (χ1) is 30.3. The molecule has 0 saturated carbocycles. The van der Waals surface area contributed by atoms with E-state index in [4.69, 9.17) is 24.3 Å². The number of carbonyl (C=O) groups excluding carboxylic acids is 2. The van der Waals surface area contributed by atoms with Crippen LogP contribution >= 0.6 is 7.82 Å². The third-order valence-electron chi connectivity index (χ3n) is 11.6. The number of nitrogens with two attached hydrogens (primary N) is 1. The van der Waals surface area contributed by atoms with Crippen LogP contribution in [-0.2, 0) is 32.7 Å². The van der Waals surface area contributed by atoms with Crippen LogP contribution in [0, 0.1) is 0 Å². The molecule has 0 aromatic rings. The van der Waals surface area contributed by atoms with E-state index in [1.807, 2.05) is 0 Å². The van der Waals surface area contributed by atoms with E-state index in [9.17, 15) is 19.0 Å². The first-order valence-electron chi connectivity index (χ1n) is 26.3. The Morgan fingerprint density at radius 1 is 0.484 bits per heavy atom. The van der Waals surface area contributed by atoms with Gasteiger partial charge in [0, 0.05) is 19.4 Å². The van der Waals surface area contributed by atoms with Gasteiger partial charge in [0.1, 0.15) is 6.61 Å². The smallest absolute Gasteiger partial charge is 0.462 e. The second kappa shape index (κ2) is 48.9. The molecule has 0 rings (SSSR count). The third-order valence-corrected chi connectivity index (χ3v) is 12.6. The minimum absolute atomic E-state index is 0.0563. The maximum Gasteiger partial charge on any atom is 0.472 e. The van der Waals surface area contributed by atoms with Gasteiger partial charge in [-0.15, -0.1) is 0 Å². The lowest BCUT2D eigenvalue weighted by Crippen LogP contribution is -2.29. The monoisotopic (exact) mass is 898 g/mol. The quantitative estimate of drug-likeness (QED) is 0.0265. The van der Waals surface area contributed by atoms with Crippen molar-refractivity contribution in [2.24, 2.45) is 5.73 Å². The second-order valence-corrected chi connectivity index (χ2v) is 19.2. The summed E-state index contributed by atoms with van der Waals surface area (Å²) in [5.74, 6) is -0.817. The van der Waals surface area contributed by atoms with Crippen molar-refractivity contribution in [2.75, 3.05) is 26.4 Å². The Bertz CT molecular complexity index is 1070. The summed E-state index contributed by atoms with van der Waals surface area (Å²) < 4.78 is 32.8.